The zero-order chi connectivity index (χ0) is 14.1. The maximum atomic E-state index is 5.32. The lowest BCUT2D eigenvalue weighted by atomic mass is 10.2. The molecule has 1 aromatic heterocycles. The van der Waals surface area contributed by atoms with Gasteiger partial charge in [0.25, 0.3) is 0 Å². The topological polar surface area (TPSA) is 50.3 Å². The molecule has 0 amide bonds. The fourth-order valence-corrected chi connectivity index (χ4v) is 1.59. The largest absolute Gasteiger partial charge is 0.380 e. The van der Waals surface area contributed by atoms with Crippen molar-refractivity contribution in [1.82, 2.24) is 15.3 Å². The standard InChI is InChI=1S/C14H26N4O/c1-5-19-7-6-18(4)14-16-10-13(11-17-14)9-15-8-12(2)3/h10-12,15H,5-9H2,1-4H3. The van der Waals surface area contributed by atoms with Gasteiger partial charge in [0.1, 0.15) is 0 Å². The first kappa shape index (κ1) is 15.9. The number of nitrogens with one attached hydrogen (secondary N) is 1. The summed E-state index contributed by atoms with van der Waals surface area (Å²) in [6.07, 6.45) is 3.76. The summed E-state index contributed by atoms with van der Waals surface area (Å²) in [7, 11) is 1.98. The molecular weight excluding hydrogens is 240 g/mol. The Labute approximate surface area is 116 Å². The number of hydrogen-bond acceptors (Lipinski definition) is 5. The van der Waals surface area contributed by atoms with E-state index in [4.69, 9.17) is 4.74 Å². The maximum Gasteiger partial charge on any atom is 0.225 e. The zero-order valence-corrected chi connectivity index (χ0v) is 12.5. The van der Waals surface area contributed by atoms with Gasteiger partial charge in [-0.15, -0.1) is 0 Å². The van der Waals surface area contributed by atoms with E-state index in [1.807, 2.05) is 31.3 Å². The van der Waals surface area contributed by atoms with Crippen LogP contribution in [0.3, 0.4) is 0 Å². The molecule has 108 valence electrons. The SMILES string of the molecule is CCOCCN(C)c1ncc(CNCC(C)C)cn1. The summed E-state index contributed by atoms with van der Waals surface area (Å²) >= 11 is 0. The van der Waals surface area contributed by atoms with Crippen LogP contribution in [-0.2, 0) is 11.3 Å². The predicted molar refractivity (Wildman–Crippen MR) is 78.3 cm³/mol. The summed E-state index contributed by atoms with van der Waals surface area (Å²) in [4.78, 5) is 10.7. The lowest BCUT2D eigenvalue weighted by molar-refractivity contribution is 0.154. The van der Waals surface area contributed by atoms with E-state index in [1.54, 1.807) is 0 Å². The minimum Gasteiger partial charge on any atom is -0.380 e. The molecule has 1 rings (SSSR count). The van der Waals surface area contributed by atoms with Crippen molar-refractivity contribution in [2.24, 2.45) is 5.92 Å². The molecular formula is C14H26N4O. The van der Waals surface area contributed by atoms with Crippen molar-refractivity contribution in [2.45, 2.75) is 27.3 Å². The van der Waals surface area contributed by atoms with Gasteiger partial charge in [-0.25, -0.2) is 9.97 Å². The van der Waals surface area contributed by atoms with Crippen LogP contribution >= 0.6 is 0 Å². The van der Waals surface area contributed by atoms with Crippen LogP contribution in [0, 0.1) is 5.92 Å². The Morgan fingerprint density at radius 2 is 2.00 bits per heavy atom. The van der Waals surface area contributed by atoms with Gasteiger partial charge in [-0.2, -0.15) is 0 Å². The Bertz CT molecular complexity index is 340. The highest BCUT2D eigenvalue weighted by Crippen LogP contribution is 2.04. The van der Waals surface area contributed by atoms with Crippen molar-refractivity contribution in [1.29, 1.82) is 0 Å². The molecule has 1 N–H and O–H groups in total. The van der Waals surface area contributed by atoms with Gasteiger partial charge in [0, 0.05) is 44.7 Å². The molecule has 0 atom stereocenters. The van der Waals surface area contributed by atoms with Crippen molar-refractivity contribution in [3.63, 3.8) is 0 Å². The van der Waals surface area contributed by atoms with Gasteiger partial charge in [-0.05, 0) is 19.4 Å². The lowest BCUT2D eigenvalue weighted by Gasteiger charge is -2.16. The molecule has 0 aliphatic heterocycles. The number of rotatable bonds is 9. The minimum absolute atomic E-state index is 0.657. The van der Waals surface area contributed by atoms with Gasteiger partial charge in [0.05, 0.1) is 6.61 Å². The van der Waals surface area contributed by atoms with Crippen molar-refractivity contribution in [2.75, 3.05) is 38.3 Å². The van der Waals surface area contributed by atoms with E-state index < -0.39 is 0 Å². The van der Waals surface area contributed by atoms with Crippen molar-refractivity contribution in [3.05, 3.63) is 18.0 Å². The van der Waals surface area contributed by atoms with Crippen molar-refractivity contribution >= 4 is 5.95 Å². The van der Waals surface area contributed by atoms with Gasteiger partial charge in [0.2, 0.25) is 5.95 Å². The second-order valence-electron chi connectivity index (χ2n) is 5.03. The van der Waals surface area contributed by atoms with E-state index in [9.17, 15) is 0 Å². The summed E-state index contributed by atoms with van der Waals surface area (Å²) in [5.74, 6) is 1.40. The molecule has 0 saturated carbocycles. The Morgan fingerprint density at radius 1 is 1.32 bits per heavy atom. The van der Waals surface area contributed by atoms with Gasteiger partial charge in [0.15, 0.2) is 0 Å². The summed E-state index contributed by atoms with van der Waals surface area (Å²) < 4.78 is 5.32. The minimum atomic E-state index is 0.657. The molecule has 0 aromatic carbocycles. The van der Waals surface area contributed by atoms with E-state index in [0.29, 0.717) is 12.5 Å². The van der Waals surface area contributed by atoms with Crippen LogP contribution in [0.25, 0.3) is 0 Å². The Morgan fingerprint density at radius 3 is 2.58 bits per heavy atom. The van der Waals surface area contributed by atoms with E-state index >= 15 is 0 Å². The molecule has 0 fully saturated rings. The molecule has 0 spiro atoms. The smallest absolute Gasteiger partial charge is 0.225 e. The number of anilines is 1. The predicted octanol–water partition coefficient (Wildman–Crippen LogP) is 1.69. The third-order valence-corrected chi connectivity index (χ3v) is 2.69. The molecule has 0 aliphatic rings. The average Bonchev–Trinajstić information content (AvgIpc) is 2.39. The van der Waals surface area contributed by atoms with Crippen molar-refractivity contribution in [3.8, 4) is 0 Å². The Balaban J connectivity index is 2.37. The van der Waals surface area contributed by atoms with E-state index in [0.717, 1.165) is 37.8 Å². The summed E-state index contributed by atoms with van der Waals surface area (Å²) in [6, 6.07) is 0. The highest BCUT2D eigenvalue weighted by molar-refractivity contribution is 5.28. The van der Waals surface area contributed by atoms with Crippen LogP contribution in [0.15, 0.2) is 12.4 Å². The van der Waals surface area contributed by atoms with Crippen LogP contribution in [0.5, 0.6) is 0 Å². The van der Waals surface area contributed by atoms with Gasteiger partial charge < -0.3 is 15.0 Å². The first-order valence-corrected chi connectivity index (χ1v) is 6.94. The third-order valence-electron chi connectivity index (χ3n) is 2.69. The van der Waals surface area contributed by atoms with E-state index in [1.165, 1.54) is 0 Å². The molecule has 0 bridgehead atoms. The Kier molecular flexibility index (Phi) is 7.36. The number of aromatic nitrogens is 2. The van der Waals surface area contributed by atoms with Crippen molar-refractivity contribution < 1.29 is 4.74 Å². The molecule has 1 aromatic rings. The van der Waals surface area contributed by atoms with Crippen LogP contribution in [0.1, 0.15) is 26.3 Å². The third kappa shape index (κ3) is 6.50. The van der Waals surface area contributed by atoms with E-state index in [-0.39, 0.29) is 0 Å². The summed E-state index contributed by atoms with van der Waals surface area (Å²) in [5, 5.41) is 3.38. The second-order valence-corrected chi connectivity index (χ2v) is 5.03. The van der Waals surface area contributed by atoms with Crippen LogP contribution in [0.2, 0.25) is 0 Å². The quantitative estimate of drug-likeness (QED) is 0.689. The maximum absolute atomic E-state index is 5.32. The number of ether oxygens (including phenoxy) is 1. The molecule has 0 unspecified atom stereocenters. The van der Waals surface area contributed by atoms with Gasteiger partial charge in [-0.1, -0.05) is 13.8 Å². The second kappa shape index (κ2) is 8.82. The first-order chi connectivity index (χ1) is 9.13. The Hall–Kier alpha value is -1.20. The zero-order valence-electron chi connectivity index (χ0n) is 12.5. The first-order valence-electron chi connectivity index (χ1n) is 6.94. The highest BCUT2D eigenvalue weighted by Gasteiger charge is 2.04. The number of nitrogens with zero attached hydrogens (tertiary/aromatic N) is 3. The lowest BCUT2D eigenvalue weighted by Crippen LogP contribution is -2.25. The number of hydrogen-bond donors (Lipinski definition) is 1. The molecule has 5 nitrogen and oxygen atoms in total. The van der Waals surface area contributed by atoms with Crippen LogP contribution in [-0.4, -0.2) is 43.3 Å². The molecule has 0 aliphatic carbocycles. The monoisotopic (exact) mass is 266 g/mol. The van der Waals surface area contributed by atoms with Gasteiger partial charge >= 0.3 is 0 Å². The van der Waals surface area contributed by atoms with E-state index in [2.05, 4.69) is 29.1 Å². The molecule has 0 radical (unpaired) electrons. The molecule has 1 heterocycles. The normalized spacial score (nSPS) is 11.0. The fourth-order valence-electron chi connectivity index (χ4n) is 1.59. The van der Waals surface area contributed by atoms with Crippen LogP contribution < -0.4 is 10.2 Å². The highest BCUT2D eigenvalue weighted by atomic mass is 16.5. The van der Waals surface area contributed by atoms with Gasteiger partial charge in [-0.3, -0.25) is 0 Å². The molecule has 19 heavy (non-hydrogen) atoms. The number of likely N-dealkylation sites (N-methyl/N-ethyl adjacent to an activating group) is 1. The molecule has 0 saturated heterocycles. The van der Waals surface area contributed by atoms with Crippen LogP contribution in [0.4, 0.5) is 5.95 Å². The molecule has 5 heteroatoms. The fraction of sp³-hybridized carbons (Fsp3) is 0.714. The summed E-state index contributed by atoms with van der Waals surface area (Å²) in [5.41, 5.74) is 1.11. The average molecular weight is 266 g/mol. The summed E-state index contributed by atoms with van der Waals surface area (Å²) in [6.45, 7) is 10.5.